The molecule has 1 aromatic rings. The maximum Gasteiger partial charge on any atom is 0.337 e. The number of aliphatic hydroxyl groups excluding tert-OH is 2. The minimum Gasteiger partial charge on any atom is -0.512 e. The number of hydrogen-bond donors (Lipinski definition) is 2. The average Bonchev–Trinajstić information content (AvgIpc) is 2.84. The Morgan fingerprint density at radius 1 is 0.812 bits per heavy atom. The Morgan fingerprint density at radius 3 is 1.44 bits per heavy atom. The molecular formula is C24H24N2O6. The first-order chi connectivity index (χ1) is 15.3. The molecule has 3 rings (SSSR count). The Bertz CT molecular complexity index is 1000. The van der Waals surface area contributed by atoms with E-state index >= 15 is 0 Å². The minimum atomic E-state index is -1.02. The maximum absolute atomic E-state index is 12.0. The summed E-state index contributed by atoms with van der Waals surface area (Å²) in [4.78, 5) is 24.1. The number of benzene rings is 1. The zero-order chi connectivity index (χ0) is 23.5. The van der Waals surface area contributed by atoms with Crippen molar-refractivity contribution < 1.29 is 29.3 Å². The summed E-state index contributed by atoms with van der Waals surface area (Å²) in [7, 11) is 2.45. The predicted molar refractivity (Wildman–Crippen MR) is 112 cm³/mol. The molecule has 2 N–H and O–H groups in total. The Kier molecular flexibility index (Phi) is 6.27. The summed E-state index contributed by atoms with van der Waals surface area (Å²) in [5, 5.41) is 40.2. The molecule has 0 aliphatic heterocycles. The lowest BCUT2D eigenvalue weighted by molar-refractivity contribution is -0.137. The van der Waals surface area contributed by atoms with Crippen LogP contribution in [0.3, 0.4) is 0 Å². The second-order valence-electron chi connectivity index (χ2n) is 8.15. The molecule has 2 aliphatic rings. The van der Waals surface area contributed by atoms with Crippen LogP contribution in [-0.2, 0) is 29.9 Å². The van der Waals surface area contributed by atoms with Gasteiger partial charge in [-0.2, -0.15) is 10.5 Å². The van der Waals surface area contributed by atoms with Crippen LogP contribution in [0.25, 0.3) is 0 Å². The van der Waals surface area contributed by atoms with Gasteiger partial charge in [0.15, 0.2) is 0 Å². The average molecular weight is 436 g/mol. The van der Waals surface area contributed by atoms with E-state index in [2.05, 4.69) is 12.1 Å². The Morgan fingerprint density at radius 2 is 1.16 bits per heavy atom. The first-order valence-electron chi connectivity index (χ1n) is 10.2. The Labute approximate surface area is 186 Å². The van der Waals surface area contributed by atoms with Gasteiger partial charge in [-0.15, -0.1) is 0 Å². The highest BCUT2D eigenvalue weighted by molar-refractivity contribution is 5.90. The second-order valence-corrected chi connectivity index (χ2v) is 8.15. The van der Waals surface area contributed by atoms with Crippen molar-refractivity contribution in [1.82, 2.24) is 0 Å². The molecule has 0 spiro atoms. The number of allylic oxidation sites excluding steroid dienone is 2. The summed E-state index contributed by atoms with van der Waals surface area (Å²) in [6, 6.07) is 11.6. The fraction of sp³-hybridized carbons (Fsp3) is 0.417. The highest BCUT2D eigenvalue weighted by Crippen LogP contribution is 2.44. The number of esters is 2. The van der Waals surface area contributed by atoms with Crippen LogP contribution < -0.4 is 0 Å². The molecule has 8 heteroatoms. The first kappa shape index (κ1) is 22.9. The number of carbonyl (C=O) groups is 2. The molecule has 2 atom stereocenters. The molecule has 0 saturated heterocycles. The van der Waals surface area contributed by atoms with Gasteiger partial charge in [0.05, 0.1) is 48.3 Å². The maximum atomic E-state index is 12.0. The van der Waals surface area contributed by atoms with Crippen molar-refractivity contribution in [2.75, 3.05) is 14.2 Å². The molecule has 0 saturated carbocycles. The van der Waals surface area contributed by atoms with E-state index in [4.69, 9.17) is 9.47 Å². The van der Waals surface area contributed by atoms with Crippen LogP contribution in [-0.4, -0.2) is 36.4 Å². The number of nitriles is 2. The molecule has 0 heterocycles. The zero-order valence-electron chi connectivity index (χ0n) is 18.0. The number of ether oxygens (including phenoxy) is 2. The van der Waals surface area contributed by atoms with Crippen LogP contribution in [0.5, 0.6) is 0 Å². The highest BCUT2D eigenvalue weighted by Gasteiger charge is 2.42. The zero-order valence-corrected chi connectivity index (χ0v) is 18.0. The molecule has 32 heavy (non-hydrogen) atoms. The monoisotopic (exact) mass is 436 g/mol. The lowest BCUT2D eigenvalue weighted by Gasteiger charge is -2.34. The fourth-order valence-corrected chi connectivity index (χ4v) is 4.50. The number of carbonyl (C=O) groups excluding carboxylic acids is 2. The van der Waals surface area contributed by atoms with Gasteiger partial charge in [-0.05, 0) is 24.0 Å². The van der Waals surface area contributed by atoms with Crippen molar-refractivity contribution in [3.63, 3.8) is 0 Å². The standard InChI is InChI=1S/C24H24N2O6/c1-31-21(29)17-11-23(13-25,9-7-19(17)27)15-3-5-16(6-4-15)24(14-26)10-8-20(28)18(12-24)22(30)32-2/h3-6,27-28H,7-12H2,1-2H3/t23-,24+. The molecule has 0 bridgehead atoms. The summed E-state index contributed by atoms with van der Waals surface area (Å²) in [6.45, 7) is 0. The number of rotatable bonds is 4. The molecule has 2 aliphatic carbocycles. The van der Waals surface area contributed by atoms with Gasteiger partial charge < -0.3 is 19.7 Å². The summed E-state index contributed by atoms with van der Waals surface area (Å²) >= 11 is 0. The van der Waals surface area contributed by atoms with E-state index in [9.17, 15) is 30.3 Å². The molecule has 1 aromatic carbocycles. The lowest BCUT2D eigenvalue weighted by atomic mass is 9.67. The van der Waals surface area contributed by atoms with Crippen LogP contribution in [0.2, 0.25) is 0 Å². The SMILES string of the molecule is COC(=O)C1=C(O)CC[C@](C#N)(c2ccc([C@]3(C#N)CCC(O)=C(C(=O)OC)C3)cc2)C1. The van der Waals surface area contributed by atoms with Gasteiger partial charge >= 0.3 is 11.9 Å². The van der Waals surface area contributed by atoms with Gasteiger partial charge in [-0.1, -0.05) is 24.3 Å². The van der Waals surface area contributed by atoms with Crippen LogP contribution in [0, 0.1) is 22.7 Å². The number of nitrogens with zero attached hydrogens (tertiary/aromatic N) is 2. The molecule has 0 unspecified atom stereocenters. The highest BCUT2D eigenvalue weighted by atomic mass is 16.5. The normalized spacial score (nSPS) is 25.5. The first-order valence-corrected chi connectivity index (χ1v) is 10.2. The van der Waals surface area contributed by atoms with Crippen molar-refractivity contribution in [3.05, 3.63) is 58.1 Å². The number of methoxy groups -OCH3 is 2. The van der Waals surface area contributed by atoms with E-state index in [-0.39, 0.29) is 48.3 Å². The van der Waals surface area contributed by atoms with Crippen molar-refractivity contribution >= 4 is 11.9 Å². The summed E-state index contributed by atoms with van der Waals surface area (Å²) in [5.74, 6) is -1.45. The van der Waals surface area contributed by atoms with Crippen molar-refractivity contribution in [2.45, 2.75) is 49.4 Å². The molecule has 0 fully saturated rings. The van der Waals surface area contributed by atoms with Gasteiger partial charge in [-0.25, -0.2) is 9.59 Å². The van der Waals surface area contributed by atoms with E-state index in [0.717, 1.165) is 0 Å². The Balaban J connectivity index is 1.95. The van der Waals surface area contributed by atoms with Crippen molar-refractivity contribution in [1.29, 1.82) is 10.5 Å². The fourth-order valence-electron chi connectivity index (χ4n) is 4.50. The van der Waals surface area contributed by atoms with Crippen LogP contribution >= 0.6 is 0 Å². The van der Waals surface area contributed by atoms with Gasteiger partial charge in [-0.3, -0.25) is 0 Å². The van der Waals surface area contributed by atoms with Gasteiger partial charge in [0.1, 0.15) is 11.5 Å². The van der Waals surface area contributed by atoms with Gasteiger partial charge in [0.25, 0.3) is 0 Å². The third-order valence-corrected chi connectivity index (χ3v) is 6.51. The third-order valence-electron chi connectivity index (χ3n) is 6.51. The van der Waals surface area contributed by atoms with Crippen molar-refractivity contribution in [2.24, 2.45) is 0 Å². The van der Waals surface area contributed by atoms with E-state index in [1.807, 2.05) is 0 Å². The predicted octanol–water partition coefficient (Wildman–Crippen LogP) is 3.55. The summed E-state index contributed by atoms with van der Waals surface area (Å²) in [5.41, 5.74) is -0.533. The molecule has 0 amide bonds. The van der Waals surface area contributed by atoms with Gasteiger partial charge in [0.2, 0.25) is 0 Å². The number of hydrogen-bond acceptors (Lipinski definition) is 8. The second kappa shape index (κ2) is 8.76. The molecule has 0 aromatic heterocycles. The van der Waals surface area contributed by atoms with Gasteiger partial charge in [0, 0.05) is 25.7 Å². The molecule has 8 nitrogen and oxygen atoms in total. The van der Waals surface area contributed by atoms with E-state index < -0.39 is 22.8 Å². The molecular weight excluding hydrogens is 412 g/mol. The van der Waals surface area contributed by atoms with Crippen LogP contribution in [0.15, 0.2) is 46.9 Å². The topological polar surface area (TPSA) is 141 Å². The smallest absolute Gasteiger partial charge is 0.337 e. The lowest BCUT2D eigenvalue weighted by Crippen LogP contribution is -2.33. The third kappa shape index (κ3) is 3.80. The Hall–Kier alpha value is -3.78. The van der Waals surface area contributed by atoms with Crippen LogP contribution in [0.1, 0.15) is 49.7 Å². The van der Waals surface area contributed by atoms with Crippen molar-refractivity contribution in [3.8, 4) is 12.1 Å². The van der Waals surface area contributed by atoms with E-state index in [1.165, 1.54) is 14.2 Å². The van der Waals surface area contributed by atoms with E-state index in [1.54, 1.807) is 24.3 Å². The summed E-state index contributed by atoms with van der Waals surface area (Å²) in [6.07, 6.45) is 1.06. The quantitative estimate of drug-likeness (QED) is 0.683. The largest absolute Gasteiger partial charge is 0.512 e. The molecule has 166 valence electrons. The molecule has 0 radical (unpaired) electrons. The van der Waals surface area contributed by atoms with E-state index in [0.29, 0.717) is 24.0 Å². The number of aliphatic hydroxyl groups is 2. The van der Waals surface area contributed by atoms with Crippen LogP contribution in [0.4, 0.5) is 0 Å². The minimum absolute atomic E-state index is 0.0217. The summed E-state index contributed by atoms with van der Waals surface area (Å²) < 4.78 is 9.49.